The Bertz CT molecular complexity index is 556. The molecule has 1 amide bonds. The molecule has 1 heterocycles. The molecular weight excluding hydrogens is 356 g/mol. The van der Waals surface area contributed by atoms with E-state index in [1.54, 1.807) is 0 Å². The lowest BCUT2D eigenvalue weighted by Crippen LogP contribution is -2.34. The Morgan fingerprint density at radius 2 is 2.05 bits per heavy atom. The van der Waals surface area contributed by atoms with Crippen LogP contribution in [0.5, 0.6) is 0 Å². The van der Waals surface area contributed by atoms with Gasteiger partial charge >= 0.3 is 0 Å². The van der Waals surface area contributed by atoms with E-state index >= 15 is 0 Å². The third kappa shape index (κ3) is 5.13. The number of halogens is 1. The molecule has 108 valence electrons. The number of hydrogen-bond donors (Lipinski definition) is 2. The average molecular weight is 371 g/mol. The SMILES string of the molecule is CC(=O)Nc1nnc(S(=O)(=O)NCC(C)(C)CBr)s1. The Balaban J connectivity index is 2.78. The molecule has 1 aromatic rings. The summed E-state index contributed by atoms with van der Waals surface area (Å²) >= 11 is 4.13. The minimum Gasteiger partial charge on any atom is -0.301 e. The van der Waals surface area contributed by atoms with Crippen LogP contribution < -0.4 is 10.0 Å². The highest BCUT2D eigenvalue weighted by Crippen LogP contribution is 2.21. The number of carbonyl (C=O) groups excluding carboxylic acids is 1. The molecule has 0 atom stereocenters. The molecule has 0 fully saturated rings. The zero-order valence-corrected chi connectivity index (χ0v) is 13.9. The first kappa shape index (κ1) is 16.5. The zero-order chi connectivity index (χ0) is 14.7. The number of anilines is 1. The molecule has 0 saturated heterocycles. The van der Waals surface area contributed by atoms with E-state index in [0.29, 0.717) is 5.33 Å². The molecule has 0 aliphatic carbocycles. The molecule has 0 radical (unpaired) electrons. The second-order valence-corrected chi connectivity index (χ2v) is 8.16. The summed E-state index contributed by atoms with van der Waals surface area (Å²) in [4.78, 5) is 10.8. The molecule has 0 aliphatic rings. The minimum absolute atomic E-state index is 0.160. The van der Waals surface area contributed by atoms with Crippen LogP contribution in [0.1, 0.15) is 20.8 Å². The van der Waals surface area contributed by atoms with Crippen molar-refractivity contribution in [3.8, 4) is 0 Å². The van der Waals surface area contributed by atoms with E-state index in [0.717, 1.165) is 11.3 Å². The fourth-order valence-corrected chi connectivity index (χ4v) is 3.35. The van der Waals surface area contributed by atoms with Gasteiger partial charge in [0.2, 0.25) is 15.4 Å². The maximum absolute atomic E-state index is 12.0. The van der Waals surface area contributed by atoms with Crippen LogP contribution in [0.4, 0.5) is 5.13 Å². The van der Waals surface area contributed by atoms with E-state index in [4.69, 9.17) is 0 Å². The fourth-order valence-electron chi connectivity index (χ4n) is 0.919. The van der Waals surface area contributed by atoms with E-state index in [9.17, 15) is 13.2 Å². The van der Waals surface area contributed by atoms with Crippen LogP contribution in [0.15, 0.2) is 4.34 Å². The first-order valence-corrected chi connectivity index (χ1v) is 8.75. The highest BCUT2D eigenvalue weighted by molar-refractivity contribution is 9.09. The van der Waals surface area contributed by atoms with Crippen molar-refractivity contribution in [2.24, 2.45) is 5.41 Å². The van der Waals surface area contributed by atoms with Crippen molar-refractivity contribution in [1.29, 1.82) is 0 Å². The molecule has 0 aliphatic heterocycles. The van der Waals surface area contributed by atoms with Crippen LogP contribution in [0.2, 0.25) is 0 Å². The van der Waals surface area contributed by atoms with Crippen molar-refractivity contribution in [2.45, 2.75) is 25.1 Å². The molecule has 10 heteroatoms. The topological polar surface area (TPSA) is 101 Å². The Hall–Kier alpha value is -0.580. The Kier molecular flexibility index (Phi) is 5.42. The molecule has 0 spiro atoms. The summed E-state index contributed by atoms with van der Waals surface area (Å²) < 4.78 is 26.2. The number of nitrogens with zero attached hydrogens (tertiary/aromatic N) is 2. The van der Waals surface area contributed by atoms with Gasteiger partial charge in [0.15, 0.2) is 0 Å². The number of sulfonamides is 1. The molecule has 0 unspecified atom stereocenters. The molecule has 2 N–H and O–H groups in total. The van der Waals surface area contributed by atoms with E-state index in [1.165, 1.54) is 6.92 Å². The van der Waals surface area contributed by atoms with Gasteiger partial charge in [0.1, 0.15) is 0 Å². The van der Waals surface area contributed by atoms with Crippen molar-refractivity contribution in [3.63, 3.8) is 0 Å². The molecule has 0 bridgehead atoms. The number of nitrogens with one attached hydrogen (secondary N) is 2. The lowest BCUT2D eigenvalue weighted by Gasteiger charge is -2.21. The van der Waals surface area contributed by atoms with Gasteiger partial charge in [-0.15, -0.1) is 10.2 Å². The second-order valence-electron chi connectivity index (χ2n) is 4.68. The van der Waals surface area contributed by atoms with Crippen LogP contribution >= 0.6 is 27.3 Å². The maximum Gasteiger partial charge on any atom is 0.269 e. The maximum atomic E-state index is 12.0. The lowest BCUT2D eigenvalue weighted by molar-refractivity contribution is -0.114. The van der Waals surface area contributed by atoms with Gasteiger partial charge in [0.25, 0.3) is 10.0 Å². The average Bonchev–Trinajstić information content (AvgIpc) is 2.75. The van der Waals surface area contributed by atoms with Crippen LogP contribution in [0, 0.1) is 5.41 Å². The third-order valence-corrected chi connectivity index (χ3v) is 6.15. The van der Waals surface area contributed by atoms with E-state index in [-0.39, 0.29) is 27.3 Å². The minimum atomic E-state index is -3.70. The van der Waals surface area contributed by atoms with Crippen molar-refractivity contribution in [2.75, 3.05) is 17.2 Å². The van der Waals surface area contributed by atoms with Crippen molar-refractivity contribution >= 4 is 48.3 Å². The van der Waals surface area contributed by atoms with Crippen molar-refractivity contribution < 1.29 is 13.2 Å². The van der Waals surface area contributed by atoms with Crippen molar-refractivity contribution in [3.05, 3.63) is 0 Å². The first-order valence-electron chi connectivity index (χ1n) is 5.33. The smallest absolute Gasteiger partial charge is 0.269 e. The summed E-state index contributed by atoms with van der Waals surface area (Å²) in [6.07, 6.45) is 0. The number of carbonyl (C=O) groups is 1. The van der Waals surface area contributed by atoms with Gasteiger partial charge in [-0.3, -0.25) is 4.79 Å². The standard InChI is InChI=1S/C9H15BrN4O3S2/c1-6(15)12-7-13-14-8(18-7)19(16,17)11-5-9(2,3)4-10/h11H,4-5H2,1-3H3,(H,12,13,15). The first-order chi connectivity index (χ1) is 8.66. The Morgan fingerprint density at radius 3 is 2.58 bits per heavy atom. The summed E-state index contributed by atoms with van der Waals surface area (Å²) in [5.41, 5.74) is -0.210. The largest absolute Gasteiger partial charge is 0.301 e. The Morgan fingerprint density at radius 1 is 1.42 bits per heavy atom. The molecule has 0 saturated carbocycles. The van der Waals surface area contributed by atoms with Gasteiger partial charge in [-0.1, -0.05) is 41.1 Å². The van der Waals surface area contributed by atoms with E-state index in [2.05, 4.69) is 36.2 Å². The van der Waals surface area contributed by atoms with Gasteiger partial charge in [0.05, 0.1) is 0 Å². The summed E-state index contributed by atoms with van der Waals surface area (Å²) in [6, 6.07) is 0. The number of alkyl halides is 1. The van der Waals surface area contributed by atoms with Gasteiger partial charge in [-0.25, -0.2) is 13.1 Å². The zero-order valence-electron chi connectivity index (χ0n) is 10.7. The van der Waals surface area contributed by atoms with Gasteiger partial charge < -0.3 is 5.32 Å². The molecule has 1 aromatic heterocycles. The third-order valence-electron chi connectivity index (χ3n) is 2.02. The predicted octanol–water partition coefficient (Wildman–Crippen LogP) is 1.20. The van der Waals surface area contributed by atoms with Crippen LogP contribution in [-0.2, 0) is 14.8 Å². The molecule has 0 aromatic carbocycles. The fraction of sp³-hybridized carbons (Fsp3) is 0.667. The highest BCUT2D eigenvalue weighted by Gasteiger charge is 2.24. The summed E-state index contributed by atoms with van der Waals surface area (Å²) in [5.74, 6) is -0.325. The van der Waals surface area contributed by atoms with E-state index < -0.39 is 10.0 Å². The number of hydrogen-bond acceptors (Lipinski definition) is 6. The van der Waals surface area contributed by atoms with E-state index in [1.807, 2.05) is 13.8 Å². The molecular formula is C9H15BrN4O3S2. The van der Waals surface area contributed by atoms with Crippen LogP contribution in [0.25, 0.3) is 0 Å². The van der Waals surface area contributed by atoms with Gasteiger partial charge in [-0.05, 0) is 5.41 Å². The predicted molar refractivity (Wildman–Crippen MR) is 77.0 cm³/mol. The number of rotatable bonds is 6. The Labute approximate surface area is 124 Å². The molecule has 19 heavy (non-hydrogen) atoms. The normalized spacial score (nSPS) is 12.4. The lowest BCUT2D eigenvalue weighted by atomic mass is 9.98. The van der Waals surface area contributed by atoms with Gasteiger partial charge in [0, 0.05) is 18.8 Å². The highest BCUT2D eigenvalue weighted by atomic mass is 79.9. The molecule has 1 rings (SSSR count). The van der Waals surface area contributed by atoms with Crippen LogP contribution in [-0.4, -0.2) is 36.4 Å². The monoisotopic (exact) mass is 370 g/mol. The van der Waals surface area contributed by atoms with Crippen molar-refractivity contribution in [1.82, 2.24) is 14.9 Å². The molecule has 7 nitrogen and oxygen atoms in total. The second kappa shape index (κ2) is 6.25. The van der Waals surface area contributed by atoms with Crippen LogP contribution in [0.3, 0.4) is 0 Å². The summed E-state index contributed by atoms with van der Waals surface area (Å²) in [7, 11) is -3.70. The summed E-state index contributed by atoms with van der Waals surface area (Å²) in [6.45, 7) is 5.43. The quantitative estimate of drug-likeness (QED) is 0.578. The summed E-state index contributed by atoms with van der Waals surface area (Å²) in [5, 5.41) is 10.4. The number of amides is 1. The number of aromatic nitrogens is 2. The van der Waals surface area contributed by atoms with Gasteiger partial charge in [-0.2, -0.15) is 0 Å².